The Bertz CT molecular complexity index is 612. The van der Waals surface area contributed by atoms with Crippen molar-refractivity contribution in [2.45, 2.75) is 32.9 Å². The molecule has 104 valence electrons. The molecule has 1 atom stereocenters. The van der Waals surface area contributed by atoms with E-state index in [1.807, 2.05) is 6.07 Å². The van der Waals surface area contributed by atoms with Crippen LogP contribution in [0.5, 0.6) is 5.75 Å². The fraction of sp³-hybridized carbons (Fsp3) is 0.333. The molecule has 0 unspecified atom stereocenters. The van der Waals surface area contributed by atoms with Crippen LogP contribution in [0.4, 0.5) is 0 Å². The van der Waals surface area contributed by atoms with Crippen LogP contribution in [0.25, 0.3) is 10.8 Å². The number of benzene rings is 2. The van der Waals surface area contributed by atoms with Gasteiger partial charge in [-0.3, -0.25) is 0 Å². The van der Waals surface area contributed by atoms with Crippen LogP contribution in [0.1, 0.15) is 25.8 Å². The van der Waals surface area contributed by atoms with Crippen LogP contribution >= 0.6 is 0 Å². The number of rotatable bonds is 6. The summed E-state index contributed by atoms with van der Waals surface area (Å²) in [5, 5.41) is 5.97. The minimum Gasteiger partial charge on any atom is -0.481 e. The highest BCUT2D eigenvalue weighted by Gasteiger charge is 2.09. The molecule has 0 aromatic heterocycles. The van der Waals surface area contributed by atoms with E-state index in [1.54, 1.807) is 0 Å². The smallest absolute Gasteiger partial charge is 0.148 e. The van der Waals surface area contributed by atoms with E-state index in [0.717, 1.165) is 18.7 Å². The van der Waals surface area contributed by atoms with Crippen molar-refractivity contribution in [1.29, 1.82) is 0 Å². The standard InChI is InChI=1S/C18H21NO/c1-4-12-20-18-11-10-15-8-6-7-9-16(15)17(18)13-19-14(3)5-2/h1,6-11,14,19H,5,12-13H2,2-3H3/t14-/m0/s1. The van der Waals surface area contributed by atoms with Gasteiger partial charge in [0.2, 0.25) is 0 Å². The minimum absolute atomic E-state index is 0.300. The molecule has 0 spiro atoms. The van der Waals surface area contributed by atoms with Gasteiger partial charge in [-0.15, -0.1) is 6.42 Å². The Morgan fingerprint density at radius 3 is 2.80 bits per heavy atom. The Balaban J connectivity index is 2.36. The second-order valence-corrected chi connectivity index (χ2v) is 4.95. The molecule has 0 aliphatic heterocycles. The average Bonchev–Trinajstić information content (AvgIpc) is 2.50. The van der Waals surface area contributed by atoms with E-state index in [-0.39, 0.29) is 0 Å². The Hall–Kier alpha value is -1.98. The van der Waals surface area contributed by atoms with Crippen LogP contribution < -0.4 is 10.1 Å². The van der Waals surface area contributed by atoms with Crippen LogP contribution in [0.15, 0.2) is 36.4 Å². The van der Waals surface area contributed by atoms with Crippen molar-refractivity contribution < 1.29 is 4.74 Å². The first kappa shape index (κ1) is 14.4. The Morgan fingerprint density at radius 2 is 2.05 bits per heavy atom. The van der Waals surface area contributed by atoms with Gasteiger partial charge in [0.15, 0.2) is 0 Å². The number of fused-ring (bicyclic) bond motifs is 1. The van der Waals surface area contributed by atoms with Crippen molar-refractivity contribution in [3.8, 4) is 18.1 Å². The summed E-state index contributed by atoms with van der Waals surface area (Å²) in [7, 11) is 0. The van der Waals surface area contributed by atoms with Crippen LogP contribution in [-0.2, 0) is 6.54 Å². The van der Waals surface area contributed by atoms with E-state index >= 15 is 0 Å². The lowest BCUT2D eigenvalue weighted by Crippen LogP contribution is -2.24. The molecule has 20 heavy (non-hydrogen) atoms. The van der Waals surface area contributed by atoms with Crippen molar-refractivity contribution in [1.82, 2.24) is 5.32 Å². The predicted octanol–water partition coefficient (Wildman–Crippen LogP) is 3.74. The normalized spacial score (nSPS) is 12.1. The van der Waals surface area contributed by atoms with Crippen molar-refractivity contribution in [2.75, 3.05) is 6.61 Å². The van der Waals surface area contributed by atoms with Crippen molar-refractivity contribution in [3.63, 3.8) is 0 Å². The predicted molar refractivity (Wildman–Crippen MR) is 84.9 cm³/mol. The summed E-state index contributed by atoms with van der Waals surface area (Å²) in [6, 6.07) is 12.9. The maximum atomic E-state index is 5.68. The molecular formula is C18H21NO. The molecule has 2 aromatic carbocycles. The zero-order valence-corrected chi connectivity index (χ0v) is 12.1. The minimum atomic E-state index is 0.300. The van der Waals surface area contributed by atoms with E-state index in [0.29, 0.717) is 12.6 Å². The van der Waals surface area contributed by atoms with Gasteiger partial charge in [0, 0.05) is 18.2 Å². The van der Waals surface area contributed by atoms with E-state index in [9.17, 15) is 0 Å². The van der Waals surface area contributed by atoms with Crippen molar-refractivity contribution in [2.24, 2.45) is 0 Å². The third kappa shape index (κ3) is 3.31. The number of terminal acetylenes is 1. The summed E-state index contributed by atoms with van der Waals surface area (Å²) in [4.78, 5) is 0. The zero-order chi connectivity index (χ0) is 14.4. The van der Waals surface area contributed by atoms with Gasteiger partial charge in [-0.1, -0.05) is 43.2 Å². The fourth-order valence-corrected chi connectivity index (χ4v) is 2.17. The summed E-state index contributed by atoms with van der Waals surface area (Å²) in [5.74, 6) is 3.40. The molecule has 2 nitrogen and oxygen atoms in total. The monoisotopic (exact) mass is 267 g/mol. The molecule has 0 aliphatic carbocycles. The van der Waals surface area contributed by atoms with E-state index in [1.165, 1.54) is 16.3 Å². The van der Waals surface area contributed by atoms with E-state index in [2.05, 4.69) is 55.4 Å². The molecule has 2 aromatic rings. The maximum absolute atomic E-state index is 5.68. The molecule has 2 heteroatoms. The fourth-order valence-electron chi connectivity index (χ4n) is 2.17. The topological polar surface area (TPSA) is 21.3 Å². The lowest BCUT2D eigenvalue weighted by molar-refractivity contribution is 0.364. The van der Waals surface area contributed by atoms with Crippen LogP contribution in [-0.4, -0.2) is 12.6 Å². The lowest BCUT2D eigenvalue weighted by atomic mass is 10.0. The molecule has 0 saturated carbocycles. The van der Waals surface area contributed by atoms with Crippen molar-refractivity contribution in [3.05, 3.63) is 42.0 Å². The molecule has 0 aliphatic rings. The molecule has 0 saturated heterocycles. The largest absolute Gasteiger partial charge is 0.481 e. The highest BCUT2D eigenvalue weighted by atomic mass is 16.5. The van der Waals surface area contributed by atoms with Gasteiger partial charge in [0.1, 0.15) is 12.4 Å². The average molecular weight is 267 g/mol. The first-order valence-corrected chi connectivity index (χ1v) is 7.06. The van der Waals surface area contributed by atoms with Gasteiger partial charge in [0.05, 0.1) is 0 Å². The van der Waals surface area contributed by atoms with Gasteiger partial charge in [-0.2, -0.15) is 0 Å². The lowest BCUT2D eigenvalue weighted by Gasteiger charge is -2.16. The number of ether oxygens (including phenoxy) is 1. The van der Waals surface area contributed by atoms with Gasteiger partial charge in [-0.05, 0) is 30.2 Å². The Kier molecular flexibility index (Phi) is 5.03. The number of hydrogen-bond acceptors (Lipinski definition) is 2. The van der Waals surface area contributed by atoms with Gasteiger partial charge >= 0.3 is 0 Å². The molecule has 0 heterocycles. The SMILES string of the molecule is C#CCOc1ccc2ccccc2c1CN[C@@H](C)CC. The van der Waals surface area contributed by atoms with Crippen LogP contribution in [0.2, 0.25) is 0 Å². The highest BCUT2D eigenvalue weighted by molar-refractivity contribution is 5.87. The summed E-state index contributed by atoms with van der Waals surface area (Å²) < 4.78 is 5.68. The number of nitrogens with one attached hydrogen (secondary N) is 1. The highest BCUT2D eigenvalue weighted by Crippen LogP contribution is 2.28. The summed E-state index contributed by atoms with van der Waals surface area (Å²) in [6.45, 7) is 5.45. The molecule has 0 fully saturated rings. The van der Waals surface area contributed by atoms with E-state index < -0.39 is 0 Å². The third-order valence-corrected chi connectivity index (χ3v) is 3.55. The van der Waals surface area contributed by atoms with Crippen LogP contribution in [0.3, 0.4) is 0 Å². The Morgan fingerprint density at radius 1 is 1.25 bits per heavy atom. The molecule has 2 rings (SSSR count). The molecule has 0 radical (unpaired) electrons. The van der Waals surface area contributed by atoms with Crippen molar-refractivity contribution >= 4 is 10.8 Å². The summed E-state index contributed by atoms with van der Waals surface area (Å²) >= 11 is 0. The third-order valence-electron chi connectivity index (χ3n) is 3.55. The summed E-state index contributed by atoms with van der Waals surface area (Å²) in [6.07, 6.45) is 6.39. The quantitative estimate of drug-likeness (QED) is 0.805. The molecule has 1 N–H and O–H groups in total. The first-order chi connectivity index (χ1) is 9.76. The molecule has 0 bridgehead atoms. The van der Waals surface area contributed by atoms with Crippen LogP contribution in [0, 0.1) is 12.3 Å². The maximum Gasteiger partial charge on any atom is 0.148 e. The second kappa shape index (κ2) is 6.98. The van der Waals surface area contributed by atoms with Gasteiger partial charge in [0.25, 0.3) is 0 Å². The van der Waals surface area contributed by atoms with Gasteiger partial charge < -0.3 is 10.1 Å². The zero-order valence-electron chi connectivity index (χ0n) is 12.1. The van der Waals surface area contributed by atoms with E-state index in [4.69, 9.17) is 11.2 Å². The first-order valence-electron chi connectivity index (χ1n) is 7.06. The number of hydrogen-bond donors (Lipinski definition) is 1. The summed E-state index contributed by atoms with van der Waals surface area (Å²) in [5.41, 5.74) is 1.18. The Labute approximate surface area is 121 Å². The molecular weight excluding hydrogens is 246 g/mol. The second-order valence-electron chi connectivity index (χ2n) is 4.95. The van der Waals surface area contributed by atoms with Gasteiger partial charge in [-0.25, -0.2) is 0 Å². The molecule has 0 amide bonds.